The lowest BCUT2D eigenvalue weighted by Gasteiger charge is -2.23. The Kier molecular flexibility index (Phi) is 6.94. The van der Waals surface area contributed by atoms with Crippen molar-refractivity contribution >= 4 is 77.2 Å². The minimum absolute atomic E-state index is 0.229. The molecule has 0 radical (unpaired) electrons. The Balaban J connectivity index is 1.48. The number of halogens is 2. The first-order chi connectivity index (χ1) is 20.7. The van der Waals surface area contributed by atoms with Crippen LogP contribution in [0.25, 0.3) is 32.1 Å². The molecule has 15 heteroatoms. The van der Waals surface area contributed by atoms with Gasteiger partial charge in [0.2, 0.25) is 11.1 Å². The molecule has 220 valence electrons. The number of anilines is 4. The van der Waals surface area contributed by atoms with Crippen LogP contribution in [0.5, 0.6) is 0 Å². The molecule has 0 amide bonds. The largest absolute Gasteiger partial charge is 0.389 e. The van der Waals surface area contributed by atoms with Crippen LogP contribution in [-0.4, -0.2) is 58.3 Å². The van der Waals surface area contributed by atoms with E-state index in [-0.39, 0.29) is 17.2 Å². The minimum atomic E-state index is -0.445. The van der Waals surface area contributed by atoms with Gasteiger partial charge in [-0.25, -0.2) is 9.37 Å². The van der Waals surface area contributed by atoms with Crippen LogP contribution < -0.4 is 21.7 Å². The molecule has 2 aromatic carbocycles. The van der Waals surface area contributed by atoms with Crippen molar-refractivity contribution < 1.29 is 9.13 Å². The molecule has 1 fully saturated rings. The fraction of sp³-hybridized carbons (Fsp3) is 0.321. The number of rotatable bonds is 6. The second-order valence-electron chi connectivity index (χ2n) is 10.7. The Bertz CT molecular complexity index is 1970. The zero-order valence-electron chi connectivity index (χ0n) is 23.2. The summed E-state index contributed by atoms with van der Waals surface area (Å²) in [5, 5.41) is 24.4. The number of nitrogens with one attached hydrogen (secondary N) is 1. The molecular weight excluding hydrogens is 611 g/mol. The summed E-state index contributed by atoms with van der Waals surface area (Å²) in [4.78, 5) is 14.4. The predicted molar refractivity (Wildman–Crippen MR) is 169 cm³/mol. The second-order valence-corrected chi connectivity index (χ2v) is 13.3. The fourth-order valence-electron chi connectivity index (χ4n) is 5.92. The lowest BCUT2D eigenvalue weighted by Crippen LogP contribution is -2.32. The van der Waals surface area contributed by atoms with Crippen LogP contribution in [0.15, 0.2) is 12.1 Å². The molecule has 0 spiro atoms. The van der Waals surface area contributed by atoms with Gasteiger partial charge in [0, 0.05) is 30.1 Å². The number of ether oxygens (including phenoxy) is 1. The van der Waals surface area contributed by atoms with E-state index in [1.165, 1.54) is 17.4 Å². The van der Waals surface area contributed by atoms with Crippen LogP contribution in [0.1, 0.15) is 28.1 Å². The molecule has 11 nitrogen and oxygen atoms in total. The Hall–Kier alpha value is -3.87. The summed E-state index contributed by atoms with van der Waals surface area (Å²) in [6.07, 6.45) is 0.975. The van der Waals surface area contributed by atoms with Gasteiger partial charge in [-0.05, 0) is 43.3 Å². The monoisotopic (exact) mass is 636 g/mol. The highest BCUT2D eigenvalue weighted by Gasteiger charge is 2.32. The quantitative estimate of drug-likeness (QED) is 0.231. The standard InChI is InChI=1S/C28H26ClFN10OS2/c1-39(2)12-5-6-40(9-12)28-35-23-21(26(36-28)34-8-18-37-38-27(33)42-18)16-11-41-10-15(16)19(22(23)29)13-3-4-17(30)24-20(13)14(7-31)25(32)43-24/h3-4,12H,5-6,8-11,32H2,1-2H3,(H2,33,38)(H,34,35,36). The molecule has 7 rings (SSSR count). The van der Waals surface area contributed by atoms with Gasteiger partial charge in [-0.15, -0.1) is 21.5 Å². The number of hydrogen-bond donors (Lipinski definition) is 3. The maximum absolute atomic E-state index is 15.0. The third-order valence-corrected chi connectivity index (χ3v) is 10.2. The van der Waals surface area contributed by atoms with Crippen LogP contribution in [0.2, 0.25) is 5.02 Å². The number of thiophene rings is 1. The lowest BCUT2D eigenvalue weighted by atomic mass is 9.91. The molecule has 2 aliphatic rings. The second kappa shape index (κ2) is 10.7. The highest BCUT2D eigenvalue weighted by Crippen LogP contribution is 2.49. The first kappa shape index (κ1) is 27.9. The molecule has 5 N–H and O–H groups in total. The average Bonchev–Trinajstić information content (AvgIpc) is 3.79. The van der Waals surface area contributed by atoms with Gasteiger partial charge >= 0.3 is 0 Å². The van der Waals surface area contributed by atoms with Crippen molar-refractivity contribution in [2.24, 2.45) is 0 Å². The van der Waals surface area contributed by atoms with Crippen LogP contribution in [0, 0.1) is 17.1 Å². The van der Waals surface area contributed by atoms with E-state index in [2.05, 4.69) is 45.5 Å². The highest BCUT2D eigenvalue weighted by atomic mass is 35.5. The first-order valence-electron chi connectivity index (χ1n) is 13.5. The Labute approximate surface area is 258 Å². The van der Waals surface area contributed by atoms with E-state index < -0.39 is 5.82 Å². The Morgan fingerprint density at radius 1 is 1.19 bits per heavy atom. The highest BCUT2D eigenvalue weighted by molar-refractivity contribution is 7.23. The van der Waals surface area contributed by atoms with Gasteiger partial charge in [-0.3, -0.25) is 0 Å². The van der Waals surface area contributed by atoms with E-state index in [1.54, 1.807) is 6.07 Å². The summed E-state index contributed by atoms with van der Waals surface area (Å²) in [5.41, 5.74) is 15.7. The van der Waals surface area contributed by atoms with Crippen molar-refractivity contribution in [2.75, 3.05) is 48.9 Å². The summed E-state index contributed by atoms with van der Waals surface area (Å²) in [6, 6.07) is 5.56. The van der Waals surface area contributed by atoms with E-state index in [0.29, 0.717) is 72.9 Å². The third-order valence-electron chi connectivity index (χ3n) is 8.05. The van der Waals surface area contributed by atoms with E-state index in [4.69, 9.17) is 37.8 Å². The first-order valence-corrected chi connectivity index (χ1v) is 15.5. The van der Waals surface area contributed by atoms with Crippen LogP contribution in [0.3, 0.4) is 0 Å². The summed E-state index contributed by atoms with van der Waals surface area (Å²) in [5.74, 6) is 0.697. The maximum atomic E-state index is 15.0. The molecular formula is C28H26ClFN10OS2. The number of nitrogens with zero attached hydrogens (tertiary/aromatic N) is 7. The number of likely N-dealkylation sites (N-methyl/N-ethyl adjacent to an activating group) is 1. The Morgan fingerprint density at radius 3 is 2.72 bits per heavy atom. The fourth-order valence-corrected chi connectivity index (χ4v) is 7.77. The SMILES string of the molecule is CN(C)C1CCN(c2nc(NCc3nnc(N)s3)c3c4c(c(-c5ccc(F)c6sc(N)c(C#N)c56)c(Cl)c3n2)COC4)C1. The number of aromatic nitrogens is 4. The van der Waals surface area contributed by atoms with Crippen molar-refractivity contribution in [3.63, 3.8) is 0 Å². The Morgan fingerprint density at radius 2 is 2.00 bits per heavy atom. The summed E-state index contributed by atoms with van der Waals surface area (Å²) >= 11 is 9.66. The minimum Gasteiger partial charge on any atom is -0.389 e. The van der Waals surface area contributed by atoms with Gasteiger partial charge < -0.3 is 31.3 Å². The van der Waals surface area contributed by atoms with Gasteiger partial charge in [0.05, 0.1) is 45.9 Å². The number of fused-ring (bicyclic) bond motifs is 4. The zero-order valence-corrected chi connectivity index (χ0v) is 25.6. The van der Waals surface area contributed by atoms with Gasteiger partial charge in [-0.1, -0.05) is 29.0 Å². The summed E-state index contributed by atoms with van der Waals surface area (Å²) < 4.78 is 21.2. The average molecular weight is 637 g/mol. The smallest absolute Gasteiger partial charge is 0.227 e. The molecule has 5 aromatic rings. The predicted octanol–water partition coefficient (Wildman–Crippen LogP) is 4.97. The normalized spacial score (nSPS) is 16.5. The van der Waals surface area contributed by atoms with E-state index in [0.717, 1.165) is 47.4 Å². The number of hydrogen-bond acceptors (Lipinski definition) is 13. The molecule has 5 heterocycles. The molecule has 3 aromatic heterocycles. The molecule has 2 aliphatic heterocycles. The van der Waals surface area contributed by atoms with E-state index in [9.17, 15) is 9.65 Å². The van der Waals surface area contributed by atoms with Gasteiger partial charge in [-0.2, -0.15) is 10.2 Å². The number of nitrogen functional groups attached to an aromatic ring is 2. The lowest BCUT2D eigenvalue weighted by molar-refractivity contribution is 0.135. The van der Waals surface area contributed by atoms with Crippen molar-refractivity contribution in [3.05, 3.63) is 44.7 Å². The molecule has 1 unspecified atom stereocenters. The molecule has 0 bridgehead atoms. The van der Waals surface area contributed by atoms with Crippen LogP contribution in [0.4, 0.5) is 26.3 Å². The van der Waals surface area contributed by atoms with Crippen molar-refractivity contribution in [1.82, 2.24) is 25.1 Å². The van der Waals surface area contributed by atoms with Gasteiger partial charge in [0.1, 0.15) is 27.7 Å². The number of nitriles is 1. The van der Waals surface area contributed by atoms with E-state index in [1.807, 2.05) is 0 Å². The molecule has 1 saturated heterocycles. The van der Waals surface area contributed by atoms with Gasteiger partial charge in [0.25, 0.3) is 0 Å². The van der Waals surface area contributed by atoms with Crippen LogP contribution >= 0.6 is 34.3 Å². The summed E-state index contributed by atoms with van der Waals surface area (Å²) in [6.45, 7) is 2.51. The topological polar surface area (TPSA) is 155 Å². The maximum Gasteiger partial charge on any atom is 0.227 e. The number of benzene rings is 2. The molecule has 43 heavy (non-hydrogen) atoms. The van der Waals surface area contributed by atoms with Crippen molar-refractivity contribution in [3.8, 4) is 17.2 Å². The molecule has 0 aliphatic carbocycles. The van der Waals surface area contributed by atoms with Gasteiger partial charge in [0.15, 0.2) is 0 Å². The molecule has 1 atom stereocenters. The molecule has 0 saturated carbocycles. The van der Waals surface area contributed by atoms with Crippen LogP contribution in [-0.2, 0) is 24.5 Å². The van der Waals surface area contributed by atoms with E-state index >= 15 is 0 Å². The third kappa shape index (κ3) is 4.59. The summed E-state index contributed by atoms with van der Waals surface area (Å²) in [7, 11) is 4.14. The number of nitrogens with two attached hydrogens (primary N) is 2. The van der Waals surface area contributed by atoms with Crippen molar-refractivity contribution in [2.45, 2.75) is 32.2 Å². The zero-order chi connectivity index (χ0) is 30.0. The van der Waals surface area contributed by atoms with Crippen molar-refractivity contribution in [1.29, 1.82) is 5.26 Å².